The predicted octanol–water partition coefficient (Wildman–Crippen LogP) is 1.84. The van der Waals surface area contributed by atoms with Gasteiger partial charge in [-0.3, -0.25) is 5.10 Å². The van der Waals surface area contributed by atoms with Crippen molar-refractivity contribution in [1.29, 1.82) is 0 Å². The molecule has 0 aliphatic heterocycles. The Bertz CT molecular complexity index is 496. The zero-order chi connectivity index (χ0) is 13.5. The van der Waals surface area contributed by atoms with Gasteiger partial charge in [0.1, 0.15) is 17.9 Å². The summed E-state index contributed by atoms with van der Waals surface area (Å²) in [5.74, 6) is 1.89. The largest absolute Gasteiger partial charge is 0.496 e. The van der Waals surface area contributed by atoms with Crippen LogP contribution in [0.25, 0.3) is 0 Å². The van der Waals surface area contributed by atoms with E-state index in [1.165, 1.54) is 11.1 Å². The van der Waals surface area contributed by atoms with E-state index in [2.05, 4.69) is 39.6 Å². The highest BCUT2D eigenvalue weighted by molar-refractivity contribution is 5.36. The molecular weight excluding hydrogens is 240 g/mol. The van der Waals surface area contributed by atoms with Crippen LogP contribution in [0.1, 0.15) is 23.4 Å². The number of hydrogen-bond acceptors (Lipinski definition) is 4. The molecule has 0 atom stereocenters. The van der Waals surface area contributed by atoms with E-state index in [0.717, 1.165) is 37.5 Å². The number of aromatic nitrogens is 3. The summed E-state index contributed by atoms with van der Waals surface area (Å²) in [4.78, 5) is 4.09. The molecule has 0 fully saturated rings. The average molecular weight is 260 g/mol. The zero-order valence-electron chi connectivity index (χ0n) is 11.4. The van der Waals surface area contributed by atoms with Crippen molar-refractivity contribution in [1.82, 2.24) is 20.5 Å². The molecule has 0 spiro atoms. The van der Waals surface area contributed by atoms with Crippen LogP contribution in [-0.4, -0.2) is 28.8 Å². The highest BCUT2D eigenvalue weighted by Gasteiger charge is 2.00. The molecule has 19 heavy (non-hydrogen) atoms. The summed E-state index contributed by atoms with van der Waals surface area (Å²) >= 11 is 0. The number of H-pyrrole nitrogens is 1. The van der Waals surface area contributed by atoms with Crippen LogP contribution >= 0.6 is 0 Å². The number of benzene rings is 1. The van der Waals surface area contributed by atoms with Gasteiger partial charge in [0.05, 0.1) is 7.11 Å². The Morgan fingerprint density at radius 2 is 2.26 bits per heavy atom. The summed E-state index contributed by atoms with van der Waals surface area (Å²) in [5, 5.41) is 10.1. The van der Waals surface area contributed by atoms with Gasteiger partial charge in [-0.05, 0) is 37.1 Å². The molecule has 0 aliphatic carbocycles. The molecule has 0 unspecified atom stereocenters. The lowest BCUT2D eigenvalue weighted by Crippen LogP contribution is -2.15. The van der Waals surface area contributed by atoms with Crippen molar-refractivity contribution in [2.24, 2.45) is 0 Å². The minimum absolute atomic E-state index is 0.876. The van der Waals surface area contributed by atoms with Gasteiger partial charge in [-0.2, -0.15) is 5.10 Å². The topological polar surface area (TPSA) is 62.8 Å². The fraction of sp³-hybridized carbons (Fsp3) is 0.429. The molecule has 5 heteroatoms. The lowest BCUT2D eigenvalue weighted by molar-refractivity contribution is 0.411. The van der Waals surface area contributed by atoms with Gasteiger partial charge in [0.2, 0.25) is 0 Å². The fourth-order valence-electron chi connectivity index (χ4n) is 2.02. The van der Waals surface area contributed by atoms with Crippen LogP contribution in [0.4, 0.5) is 0 Å². The molecule has 1 aromatic heterocycles. The second kappa shape index (κ2) is 6.89. The molecule has 1 heterocycles. The number of aryl methyl sites for hydroxylation is 2. The van der Waals surface area contributed by atoms with E-state index in [0.29, 0.717) is 0 Å². The molecule has 102 valence electrons. The van der Waals surface area contributed by atoms with E-state index in [1.807, 2.05) is 6.07 Å². The molecule has 2 aromatic rings. The Balaban J connectivity index is 1.69. The van der Waals surface area contributed by atoms with Gasteiger partial charge < -0.3 is 10.1 Å². The maximum Gasteiger partial charge on any atom is 0.137 e. The molecule has 0 saturated heterocycles. The Hall–Kier alpha value is -1.88. The van der Waals surface area contributed by atoms with Crippen LogP contribution in [0.2, 0.25) is 0 Å². The summed E-state index contributed by atoms with van der Waals surface area (Å²) < 4.78 is 5.25. The van der Waals surface area contributed by atoms with Crippen molar-refractivity contribution in [3.63, 3.8) is 0 Å². The van der Waals surface area contributed by atoms with E-state index in [9.17, 15) is 0 Å². The number of nitrogens with zero attached hydrogens (tertiary/aromatic N) is 2. The predicted molar refractivity (Wildman–Crippen MR) is 74.1 cm³/mol. The lowest BCUT2D eigenvalue weighted by Gasteiger charge is -2.08. The van der Waals surface area contributed by atoms with Gasteiger partial charge in [-0.15, -0.1) is 0 Å². The van der Waals surface area contributed by atoms with Gasteiger partial charge >= 0.3 is 0 Å². The van der Waals surface area contributed by atoms with Gasteiger partial charge in [0, 0.05) is 13.0 Å². The molecule has 1 aromatic carbocycles. The molecule has 0 radical (unpaired) electrons. The fourth-order valence-corrected chi connectivity index (χ4v) is 2.02. The third-order valence-corrected chi connectivity index (χ3v) is 3.02. The number of nitrogens with one attached hydrogen (secondary N) is 2. The quantitative estimate of drug-likeness (QED) is 0.746. The second-order valence-electron chi connectivity index (χ2n) is 4.52. The van der Waals surface area contributed by atoms with Crippen LogP contribution < -0.4 is 10.1 Å². The van der Waals surface area contributed by atoms with Crippen molar-refractivity contribution in [2.45, 2.75) is 26.3 Å². The molecule has 5 nitrogen and oxygen atoms in total. The van der Waals surface area contributed by atoms with E-state index >= 15 is 0 Å². The van der Waals surface area contributed by atoms with Crippen LogP contribution in [0.15, 0.2) is 24.5 Å². The average Bonchev–Trinajstić information content (AvgIpc) is 2.92. The van der Waals surface area contributed by atoms with Gasteiger partial charge in [-0.1, -0.05) is 12.1 Å². The minimum atomic E-state index is 0.876. The van der Waals surface area contributed by atoms with E-state index < -0.39 is 0 Å². The number of ether oxygens (including phenoxy) is 1. The molecular formula is C14H20N4O. The van der Waals surface area contributed by atoms with Crippen LogP contribution in [0, 0.1) is 6.92 Å². The maximum absolute atomic E-state index is 5.25. The zero-order valence-corrected chi connectivity index (χ0v) is 11.4. The maximum atomic E-state index is 5.25. The second-order valence-corrected chi connectivity index (χ2v) is 4.52. The first-order valence-corrected chi connectivity index (χ1v) is 6.48. The van der Waals surface area contributed by atoms with Crippen molar-refractivity contribution in [2.75, 3.05) is 13.7 Å². The molecule has 2 rings (SSSR count). The Morgan fingerprint density at radius 3 is 2.95 bits per heavy atom. The molecule has 0 bridgehead atoms. The van der Waals surface area contributed by atoms with Gasteiger partial charge in [-0.25, -0.2) is 4.98 Å². The van der Waals surface area contributed by atoms with Crippen LogP contribution in [-0.2, 0) is 13.0 Å². The summed E-state index contributed by atoms with van der Waals surface area (Å²) in [6.07, 6.45) is 3.52. The number of aromatic amines is 1. The van der Waals surface area contributed by atoms with E-state index in [1.54, 1.807) is 13.4 Å². The highest BCUT2D eigenvalue weighted by atomic mass is 16.5. The molecule has 0 amide bonds. The number of hydrogen-bond donors (Lipinski definition) is 2. The Morgan fingerprint density at radius 1 is 1.37 bits per heavy atom. The summed E-state index contributed by atoms with van der Waals surface area (Å²) in [6, 6.07) is 6.26. The van der Waals surface area contributed by atoms with Crippen molar-refractivity contribution < 1.29 is 4.74 Å². The van der Waals surface area contributed by atoms with Crippen molar-refractivity contribution in [3.8, 4) is 5.75 Å². The van der Waals surface area contributed by atoms with Crippen molar-refractivity contribution in [3.05, 3.63) is 41.5 Å². The summed E-state index contributed by atoms with van der Waals surface area (Å²) in [5.41, 5.74) is 2.45. The monoisotopic (exact) mass is 260 g/mol. The standard InChI is InChI=1S/C14H20N4O/c1-11-8-12(5-6-13(11)19-2)9-15-7-3-4-14-16-10-17-18-14/h5-6,8,10,15H,3-4,7,9H2,1-2H3,(H,16,17,18). The first kappa shape index (κ1) is 13.5. The minimum Gasteiger partial charge on any atom is -0.496 e. The molecule has 0 aliphatic rings. The Labute approximate surface area is 113 Å². The lowest BCUT2D eigenvalue weighted by atomic mass is 10.1. The van der Waals surface area contributed by atoms with E-state index in [4.69, 9.17) is 4.74 Å². The highest BCUT2D eigenvalue weighted by Crippen LogP contribution is 2.18. The SMILES string of the molecule is COc1ccc(CNCCCc2ncn[nH]2)cc1C. The van der Waals surface area contributed by atoms with E-state index in [-0.39, 0.29) is 0 Å². The molecule has 2 N–H and O–H groups in total. The Kier molecular flexibility index (Phi) is 4.92. The number of methoxy groups -OCH3 is 1. The summed E-state index contributed by atoms with van der Waals surface area (Å²) in [6.45, 7) is 3.90. The normalized spacial score (nSPS) is 10.6. The van der Waals surface area contributed by atoms with Gasteiger partial charge in [0.15, 0.2) is 0 Å². The first-order valence-electron chi connectivity index (χ1n) is 6.48. The van der Waals surface area contributed by atoms with Gasteiger partial charge in [0.25, 0.3) is 0 Å². The molecule has 0 saturated carbocycles. The first-order chi connectivity index (χ1) is 9.29. The van der Waals surface area contributed by atoms with Crippen LogP contribution in [0.5, 0.6) is 5.75 Å². The smallest absolute Gasteiger partial charge is 0.137 e. The third-order valence-electron chi connectivity index (χ3n) is 3.02. The number of rotatable bonds is 7. The third kappa shape index (κ3) is 4.06. The van der Waals surface area contributed by atoms with Crippen LogP contribution in [0.3, 0.4) is 0 Å². The van der Waals surface area contributed by atoms with Crippen molar-refractivity contribution >= 4 is 0 Å². The summed E-state index contributed by atoms with van der Waals surface area (Å²) in [7, 11) is 1.70.